The van der Waals surface area contributed by atoms with Gasteiger partial charge in [0.05, 0.1) is 17.6 Å². The Bertz CT molecular complexity index is 1270. The third-order valence-electron chi connectivity index (χ3n) is 7.23. The van der Waals surface area contributed by atoms with Crippen LogP contribution in [0.15, 0.2) is 42.5 Å². The molecule has 0 aliphatic carbocycles. The van der Waals surface area contributed by atoms with Gasteiger partial charge < -0.3 is 19.4 Å². The van der Waals surface area contributed by atoms with Crippen molar-refractivity contribution in [3.8, 4) is 5.75 Å². The molecule has 2 atom stereocenters. The van der Waals surface area contributed by atoms with Gasteiger partial charge in [-0.15, -0.1) is 0 Å². The quantitative estimate of drug-likeness (QED) is 0.197. The zero-order valence-corrected chi connectivity index (χ0v) is 22.4. The Hall–Kier alpha value is -2.56. The van der Waals surface area contributed by atoms with Crippen LogP contribution in [0.3, 0.4) is 0 Å². The van der Waals surface area contributed by atoms with Crippen molar-refractivity contribution in [3.05, 3.63) is 59.5 Å². The minimum atomic E-state index is -4.53. The molecule has 0 amide bonds. The van der Waals surface area contributed by atoms with E-state index in [-0.39, 0.29) is 24.6 Å². The maximum Gasteiger partial charge on any atom is 0.431 e. The van der Waals surface area contributed by atoms with Gasteiger partial charge in [-0.25, -0.2) is 4.39 Å². The topological polar surface area (TPSA) is 38.7 Å². The summed E-state index contributed by atoms with van der Waals surface area (Å²) in [6.45, 7) is 9.11. The molecule has 1 N–H and O–H groups in total. The van der Waals surface area contributed by atoms with Crippen molar-refractivity contribution in [3.63, 3.8) is 0 Å². The number of rotatable bonds is 8. The highest BCUT2D eigenvalue weighted by atomic mass is 28.3. The van der Waals surface area contributed by atoms with E-state index in [0.717, 1.165) is 31.1 Å². The first-order valence-corrected chi connectivity index (χ1v) is 16.4. The SMILES string of the molecule is C[Si](C)(C)CCOCn1c(C(F)(F)F)cc2c(N[C@H]3c4ccc(F)cc4OC[C@@H]3N3CCC3)cccc21. The summed E-state index contributed by atoms with van der Waals surface area (Å²) in [5.74, 6) is 0.0776. The third-order valence-corrected chi connectivity index (χ3v) is 8.93. The summed E-state index contributed by atoms with van der Waals surface area (Å²) >= 11 is 0. The molecule has 10 heteroatoms. The number of hydrogen-bond donors (Lipinski definition) is 1. The maximum absolute atomic E-state index is 14.1. The van der Waals surface area contributed by atoms with E-state index in [1.165, 1.54) is 22.8 Å². The fourth-order valence-electron chi connectivity index (χ4n) is 5.02. The number of aromatic nitrogens is 1. The zero-order chi connectivity index (χ0) is 26.4. The summed E-state index contributed by atoms with van der Waals surface area (Å²) < 4.78 is 69.0. The highest BCUT2D eigenvalue weighted by molar-refractivity contribution is 6.76. The number of nitrogens with one attached hydrogen (secondary N) is 1. The summed E-state index contributed by atoms with van der Waals surface area (Å²) in [6.07, 6.45) is -3.44. The molecule has 5 nitrogen and oxygen atoms in total. The molecule has 0 radical (unpaired) electrons. The Balaban J connectivity index is 1.50. The number of benzene rings is 2. The van der Waals surface area contributed by atoms with Gasteiger partial charge in [0.1, 0.15) is 30.6 Å². The normalized spacial score (nSPS) is 20.4. The smallest absolute Gasteiger partial charge is 0.431 e. The number of anilines is 1. The molecular formula is C27H33F4N3O2Si. The van der Waals surface area contributed by atoms with Crippen molar-refractivity contribution in [1.29, 1.82) is 0 Å². The molecule has 37 heavy (non-hydrogen) atoms. The molecule has 0 spiro atoms. The monoisotopic (exact) mass is 535 g/mol. The number of fused-ring (bicyclic) bond motifs is 2. The second-order valence-electron chi connectivity index (χ2n) is 11.1. The van der Waals surface area contributed by atoms with Crippen molar-refractivity contribution < 1.29 is 27.0 Å². The van der Waals surface area contributed by atoms with Gasteiger partial charge >= 0.3 is 6.18 Å². The van der Waals surface area contributed by atoms with Gasteiger partial charge in [0.15, 0.2) is 0 Å². The lowest BCUT2D eigenvalue weighted by molar-refractivity contribution is -0.145. The van der Waals surface area contributed by atoms with E-state index in [1.807, 2.05) is 0 Å². The molecule has 0 bridgehead atoms. The van der Waals surface area contributed by atoms with E-state index >= 15 is 0 Å². The first kappa shape index (κ1) is 26.1. The van der Waals surface area contributed by atoms with Crippen LogP contribution in [0.25, 0.3) is 10.9 Å². The molecule has 3 heterocycles. The molecule has 3 aromatic rings. The first-order valence-electron chi connectivity index (χ1n) is 12.7. The average Bonchev–Trinajstić information content (AvgIpc) is 3.16. The molecule has 1 saturated heterocycles. The predicted molar refractivity (Wildman–Crippen MR) is 139 cm³/mol. The van der Waals surface area contributed by atoms with Crippen LogP contribution in [0, 0.1) is 5.82 Å². The largest absolute Gasteiger partial charge is 0.491 e. The van der Waals surface area contributed by atoms with Crippen molar-refractivity contribution in [2.75, 3.05) is 31.6 Å². The average molecular weight is 536 g/mol. The summed E-state index contributed by atoms with van der Waals surface area (Å²) in [7, 11) is -1.37. The molecule has 2 aliphatic rings. The molecule has 0 saturated carbocycles. The lowest BCUT2D eigenvalue weighted by Crippen LogP contribution is -2.53. The van der Waals surface area contributed by atoms with E-state index < -0.39 is 19.9 Å². The number of halogens is 4. The van der Waals surface area contributed by atoms with Crippen LogP contribution in [0.2, 0.25) is 25.7 Å². The van der Waals surface area contributed by atoms with Crippen LogP contribution in [0.5, 0.6) is 5.75 Å². The summed E-state index contributed by atoms with van der Waals surface area (Å²) in [5, 5.41) is 3.99. The van der Waals surface area contributed by atoms with Gasteiger partial charge in [-0.05, 0) is 49.8 Å². The van der Waals surface area contributed by atoms with E-state index in [1.54, 1.807) is 24.3 Å². The second-order valence-corrected chi connectivity index (χ2v) is 16.7. The Kier molecular flexibility index (Phi) is 7.01. The van der Waals surface area contributed by atoms with E-state index in [9.17, 15) is 17.6 Å². The number of hydrogen-bond acceptors (Lipinski definition) is 4. The number of likely N-dealkylation sites (tertiary alicyclic amines) is 1. The molecular weight excluding hydrogens is 502 g/mol. The van der Waals surface area contributed by atoms with Gasteiger partial charge in [-0.3, -0.25) is 4.90 Å². The van der Waals surface area contributed by atoms with Gasteiger partial charge in [0.2, 0.25) is 0 Å². The summed E-state index contributed by atoms with van der Waals surface area (Å²) in [6, 6.07) is 11.5. The van der Waals surface area contributed by atoms with E-state index in [0.29, 0.717) is 35.6 Å². The summed E-state index contributed by atoms with van der Waals surface area (Å²) in [5.41, 5.74) is 1.11. The van der Waals surface area contributed by atoms with Crippen LogP contribution in [0.1, 0.15) is 23.7 Å². The second kappa shape index (κ2) is 9.96. The van der Waals surface area contributed by atoms with Crippen molar-refractivity contribution >= 4 is 24.7 Å². The lowest BCUT2D eigenvalue weighted by Gasteiger charge is -2.45. The van der Waals surface area contributed by atoms with Crippen molar-refractivity contribution in [1.82, 2.24) is 9.47 Å². The fraction of sp³-hybridized carbons (Fsp3) is 0.481. The Morgan fingerprint density at radius 3 is 2.57 bits per heavy atom. The van der Waals surface area contributed by atoms with Crippen molar-refractivity contribution in [2.45, 2.75) is 57.1 Å². The Morgan fingerprint density at radius 2 is 1.89 bits per heavy atom. The standard InChI is InChI=1S/C27H33F4N3O2Si/c1-37(2,3)13-12-35-17-34-22-7-4-6-21(20(22)15-25(34)27(29,30)31)32-26-19-9-8-18(28)14-24(19)36-16-23(26)33-10-5-11-33/h4,6-9,14-15,23,26,32H,5,10-13,16-17H2,1-3H3/t23-,26-/m0/s1. The van der Waals surface area contributed by atoms with Crippen molar-refractivity contribution in [2.24, 2.45) is 0 Å². The highest BCUT2D eigenvalue weighted by Crippen LogP contribution is 2.41. The molecule has 2 aliphatic heterocycles. The maximum atomic E-state index is 14.1. The van der Waals surface area contributed by atoms with Crippen LogP contribution in [0.4, 0.5) is 23.2 Å². The number of ether oxygens (including phenoxy) is 2. The van der Waals surface area contributed by atoms with E-state index in [2.05, 4.69) is 29.9 Å². The molecule has 2 aromatic carbocycles. The molecule has 1 fully saturated rings. The van der Waals surface area contributed by atoms with E-state index in [4.69, 9.17) is 9.47 Å². The van der Waals surface area contributed by atoms with Crippen LogP contribution in [-0.4, -0.2) is 49.9 Å². The predicted octanol–water partition coefficient (Wildman–Crippen LogP) is 6.73. The Labute approximate surface area is 215 Å². The molecule has 0 unspecified atom stereocenters. The minimum Gasteiger partial charge on any atom is -0.491 e. The molecule has 5 rings (SSSR count). The zero-order valence-electron chi connectivity index (χ0n) is 21.4. The van der Waals surface area contributed by atoms with Gasteiger partial charge in [-0.1, -0.05) is 31.8 Å². The molecule has 200 valence electrons. The lowest BCUT2D eigenvalue weighted by atomic mass is 9.92. The van der Waals surface area contributed by atoms with Crippen LogP contribution >= 0.6 is 0 Å². The number of alkyl halides is 3. The molecule has 1 aromatic heterocycles. The van der Waals surface area contributed by atoms with Crippen LogP contribution < -0.4 is 10.1 Å². The van der Waals surface area contributed by atoms with Gasteiger partial charge in [0, 0.05) is 37.4 Å². The fourth-order valence-corrected chi connectivity index (χ4v) is 5.77. The highest BCUT2D eigenvalue weighted by Gasteiger charge is 2.39. The van der Waals surface area contributed by atoms with Crippen LogP contribution in [-0.2, 0) is 17.6 Å². The Morgan fingerprint density at radius 1 is 1.11 bits per heavy atom. The minimum absolute atomic E-state index is 0.0176. The third kappa shape index (κ3) is 5.51. The summed E-state index contributed by atoms with van der Waals surface area (Å²) in [4.78, 5) is 2.29. The van der Waals surface area contributed by atoms with Gasteiger partial charge in [-0.2, -0.15) is 13.2 Å². The number of nitrogens with zero attached hydrogens (tertiary/aromatic N) is 2. The first-order chi connectivity index (χ1) is 17.5. The van der Waals surface area contributed by atoms with Gasteiger partial charge in [0.25, 0.3) is 0 Å².